The summed E-state index contributed by atoms with van der Waals surface area (Å²) >= 11 is 3.51. The van der Waals surface area contributed by atoms with Crippen molar-refractivity contribution in [2.45, 2.75) is 25.5 Å². The fraction of sp³-hybridized carbons (Fsp3) is 0.231. The third kappa shape index (κ3) is 3.41. The van der Waals surface area contributed by atoms with Crippen molar-refractivity contribution in [3.8, 4) is 0 Å². The van der Waals surface area contributed by atoms with Gasteiger partial charge in [-0.25, -0.2) is 13.6 Å². The van der Waals surface area contributed by atoms with Crippen molar-refractivity contribution < 1.29 is 12.8 Å². The minimum Gasteiger partial charge on any atom is -0.446 e. The number of anilines is 1. The zero-order valence-electron chi connectivity index (χ0n) is 11.1. The number of benzene rings is 1. The van der Waals surface area contributed by atoms with Gasteiger partial charge >= 0.3 is 0 Å². The Kier molecular flexibility index (Phi) is 4.22. The number of nitrogens with two attached hydrogens (primary N) is 1. The van der Waals surface area contributed by atoms with E-state index in [-0.39, 0.29) is 5.09 Å². The minimum atomic E-state index is -3.78. The lowest BCUT2D eigenvalue weighted by atomic mass is 10.1. The second kappa shape index (κ2) is 5.59. The Morgan fingerprint density at radius 2 is 1.85 bits per heavy atom. The zero-order valence-corrected chi connectivity index (χ0v) is 13.5. The van der Waals surface area contributed by atoms with Crippen molar-refractivity contribution in [1.82, 2.24) is 0 Å². The van der Waals surface area contributed by atoms with Crippen LogP contribution in [0, 0.1) is 13.8 Å². The van der Waals surface area contributed by atoms with Crippen molar-refractivity contribution in [1.29, 1.82) is 0 Å². The Hall–Kier alpha value is -1.31. The summed E-state index contributed by atoms with van der Waals surface area (Å²) in [7, 11) is -3.78. The molecule has 3 N–H and O–H groups in total. The molecule has 0 atom stereocenters. The van der Waals surface area contributed by atoms with E-state index in [0.29, 0.717) is 12.3 Å². The average molecular weight is 359 g/mol. The van der Waals surface area contributed by atoms with Crippen LogP contribution in [0.15, 0.2) is 38.2 Å². The summed E-state index contributed by atoms with van der Waals surface area (Å²) in [6.07, 6.45) is 0. The maximum Gasteiger partial charge on any atom is 0.271 e. The summed E-state index contributed by atoms with van der Waals surface area (Å²) in [5.74, 6) is 0.507. The molecule has 108 valence electrons. The predicted octanol–water partition coefficient (Wildman–Crippen LogP) is 2.92. The molecule has 2 rings (SSSR count). The van der Waals surface area contributed by atoms with Gasteiger partial charge in [-0.3, -0.25) is 0 Å². The number of primary sulfonamides is 1. The van der Waals surface area contributed by atoms with Crippen LogP contribution in [-0.4, -0.2) is 8.42 Å². The monoisotopic (exact) mass is 358 g/mol. The van der Waals surface area contributed by atoms with Crippen LogP contribution in [0.1, 0.15) is 16.9 Å². The molecule has 1 aromatic carbocycles. The maximum absolute atomic E-state index is 11.1. The molecule has 0 radical (unpaired) electrons. The fourth-order valence-corrected chi connectivity index (χ4v) is 2.55. The number of furan rings is 1. The Balaban J connectivity index is 2.11. The van der Waals surface area contributed by atoms with Crippen LogP contribution in [0.3, 0.4) is 0 Å². The third-order valence-corrected chi connectivity index (χ3v) is 4.85. The van der Waals surface area contributed by atoms with Crippen LogP contribution in [0.5, 0.6) is 0 Å². The molecular weight excluding hydrogens is 344 g/mol. The second-order valence-corrected chi connectivity index (χ2v) is 6.83. The quantitative estimate of drug-likeness (QED) is 0.879. The molecule has 0 aliphatic carbocycles. The van der Waals surface area contributed by atoms with Gasteiger partial charge in [-0.05, 0) is 49.2 Å². The summed E-state index contributed by atoms with van der Waals surface area (Å²) in [6.45, 7) is 4.40. The van der Waals surface area contributed by atoms with Crippen LogP contribution in [0.25, 0.3) is 0 Å². The topological polar surface area (TPSA) is 85.3 Å². The smallest absolute Gasteiger partial charge is 0.271 e. The van der Waals surface area contributed by atoms with E-state index in [1.807, 2.05) is 26.0 Å². The average Bonchev–Trinajstić information content (AvgIpc) is 2.82. The van der Waals surface area contributed by atoms with Crippen molar-refractivity contribution in [2.75, 3.05) is 5.32 Å². The van der Waals surface area contributed by atoms with Crippen molar-refractivity contribution >= 4 is 31.6 Å². The Bertz CT molecular complexity index is 715. The molecule has 5 nitrogen and oxygen atoms in total. The molecule has 20 heavy (non-hydrogen) atoms. The largest absolute Gasteiger partial charge is 0.446 e. The lowest BCUT2D eigenvalue weighted by Gasteiger charge is -2.09. The summed E-state index contributed by atoms with van der Waals surface area (Å²) < 4.78 is 28.5. The van der Waals surface area contributed by atoms with Crippen molar-refractivity contribution in [3.05, 3.63) is 45.6 Å². The van der Waals surface area contributed by atoms with Gasteiger partial charge in [-0.15, -0.1) is 0 Å². The molecule has 0 fully saturated rings. The van der Waals surface area contributed by atoms with Gasteiger partial charge in [0.1, 0.15) is 5.76 Å². The van der Waals surface area contributed by atoms with Crippen molar-refractivity contribution in [2.24, 2.45) is 5.14 Å². The number of nitrogens with one attached hydrogen (secondary N) is 1. The van der Waals surface area contributed by atoms with Gasteiger partial charge in [-0.2, -0.15) is 0 Å². The van der Waals surface area contributed by atoms with Gasteiger partial charge in [0.05, 0.1) is 6.54 Å². The summed E-state index contributed by atoms with van der Waals surface area (Å²) in [5, 5.41) is 7.95. The standard InChI is InChI=1S/C13H15BrN2O3S/c1-8-5-10(6-9(2)13(8)14)16-7-11-3-4-12(19-11)20(15,17)18/h3-6,16H,7H2,1-2H3,(H2,15,17,18). The molecule has 0 aliphatic rings. The highest BCUT2D eigenvalue weighted by atomic mass is 79.9. The number of sulfonamides is 1. The molecule has 0 aliphatic heterocycles. The summed E-state index contributed by atoms with van der Waals surface area (Å²) in [6, 6.07) is 6.94. The van der Waals surface area contributed by atoms with E-state index in [9.17, 15) is 8.42 Å². The van der Waals surface area contributed by atoms with Gasteiger partial charge in [0.2, 0.25) is 5.09 Å². The van der Waals surface area contributed by atoms with E-state index in [1.54, 1.807) is 6.07 Å². The number of hydrogen-bond acceptors (Lipinski definition) is 4. The first-order chi connectivity index (χ1) is 9.27. The van der Waals surface area contributed by atoms with Gasteiger partial charge < -0.3 is 9.73 Å². The first-order valence-corrected chi connectivity index (χ1v) is 8.23. The normalized spacial score (nSPS) is 11.6. The van der Waals surface area contributed by atoms with E-state index in [4.69, 9.17) is 9.56 Å². The molecule has 7 heteroatoms. The Morgan fingerprint density at radius 3 is 2.35 bits per heavy atom. The highest BCUT2D eigenvalue weighted by molar-refractivity contribution is 9.10. The number of aryl methyl sites for hydroxylation is 2. The molecule has 0 unspecified atom stereocenters. The minimum absolute atomic E-state index is 0.225. The van der Waals surface area contributed by atoms with E-state index >= 15 is 0 Å². The highest BCUT2D eigenvalue weighted by Crippen LogP contribution is 2.25. The fourth-order valence-electron chi connectivity index (χ4n) is 1.84. The Labute approximate surface area is 126 Å². The lowest BCUT2D eigenvalue weighted by Crippen LogP contribution is -2.10. The number of hydrogen-bond donors (Lipinski definition) is 2. The SMILES string of the molecule is Cc1cc(NCc2ccc(S(N)(=O)=O)o2)cc(C)c1Br. The van der Waals surface area contributed by atoms with Crippen LogP contribution in [-0.2, 0) is 16.6 Å². The van der Waals surface area contributed by atoms with Crippen molar-refractivity contribution in [3.63, 3.8) is 0 Å². The molecule has 0 saturated carbocycles. The third-order valence-electron chi connectivity index (χ3n) is 2.82. The first-order valence-electron chi connectivity index (χ1n) is 5.89. The molecule has 2 aromatic rings. The molecule has 1 heterocycles. The van der Waals surface area contributed by atoms with Gasteiger partial charge in [0, 0.05) is 10.2 Å². The Morgan fingerprint density at radius 1 is 1.25 bits per heavy atom. The predicted molar refractivity (Wildman–Crippen MR) is 81.0 cm³/mol. The molecule has 0 amide bonds. The molecule has 1 aromatic heterocycles. The molecule has 0 spiro atoms. The van der Waals surface area contributed by atoms with Crippen LogP contribution >= 0.6 is 15.9 Å². The molecular formula is C13H15BrN2O3S. The highest BCUT2D eigenvalue weighted by Gasteiger charge is 2.13. The first kappa shape index (κ1) is 15.1. The van der Waals surface area contributed by atoms with E-state index in [0.717, 1.165) is 21.3 Å². The van der Waals surface area contributed by atoms with Gasteiger partial charge in [0.25, 0.3) is 10.0 Å². The summed E-state index contributed by atoms with van der Waals surface area (Å²) in [5.41, 5.74) is 3.19. The van der Waals surface area contributed by atoms with Gasteiger partial charge in [-0.1, -0.05) is 15.9 Å². The lowest BCUT2D eigenvalue weighted by molar-refractivity contribution is 0.419. The maximum atomic E-state index is 11.1. The van der Waals surface area contributed by atoms with E-state index in [2.05, 4.69) is 21.2 Å². The van der Waals surface area contributed by atoms with E-state index < -0.39 is 10.0 Å². The van der Waals surface area contributed by atoms with E-state index in [1.165, 1.54) is 6.07 Å². The van der Waals surface area contributed by atoms with Gasteiger partial charge in [0.15, 0.2) is 0 Å². The summed E-state index contributed by atoms with van der Waals surface area (Å²) in [4.78, 5) is 0. The van der Waals surface area contributed by atoms with Crippen LogP contribution in [0.2, 0.25) is 0 Å². The number of rotatable bonds is 4. The number of halogens is 1. The second-order valence-electron chi connectivity index (χ2n) is 4.54. The zero-order chi connectivity index (χ0) is 14.9. The molecule has 0 bridgehead atoms. The molecule has 0 saturated heterocycles. The van der Waals surface area contributed by atoms with Crippen LogP contribution < -0.4 is 10.5 Å². The van der Waals surface area contributed by atoms with Crippen LogP contribution in [0.4, 0.5) is 5.69 Å².